The van der Waals surface area contributed by atoms with E-state index >= 15 is 0 Å². The summed E-state index contributed by atoms with van der Waals surface area (Å²) < 4.78 is 10.2. The van der Waals surface area contributed by atoms with Gasteiger partial charge in [-0.3, -0.25) is 4.79 Å². The summed E-state index contributed by atoms with van der Waals surface area (Å²) in [7, 11) is 0. The van der Waals surface area contributed by atoms with Gasteiger partial charge in [0.25, 0.3) is 0 Å². The summed E-state index contributed by atoms with van der Waals surface area (Å²) in [6, 6.07) is 0. The zero-order valence-corrected chi connectivity index (χ0v) is 12.1. The Kier molecular flexibility index (Phi) is 5.25. The Morgan fingerprint density at radius 3 is 1.65 bits per heavy atom. The first kappa shape index (κ1) is 16.1. The molecule has 110 valence electrons. The first-order chi connectivity index (χ1) is 9.22. The predicted molar refractivity (Wildman–Crippen MR) is 72.8 cm³/mol. The van der Waals surface area contributed by atoms with Gasteiger partial charge >= 0.3 is 11.9 Å². The molecule has 1 saturated carbocycles. The molecule has 0 radical (unpaired) electrons. The Bertz CT molecular complexity index is 423. The number of hydrogen-bond acceptors (Lipinski definition) is 5. The summed E-state index contributed by atoms with van der Waals surface area (Å²) in [6.45, 7) is 11.9. The number of ketones is 1. The molecule has 0 aliphatic heterocycles. The van der Waals surface area contributed by atoms with Gasteiger partial charge in [0.1, 0.15) is 0 Å². The molecule has 1 aliphatic carbocycles. The molecule has 1 unspecified atom stereocenters. The van der Waals surface area contributed by atoms with Crippen LogP contribution in [0.4, 0.5) is 0 Å². The lowest BCUT2D eigenvalue weighted by Gasteiger charge is -2.31. The molecule has 1 fully saturated rings. The zero-order chi connectivity index (χ0) is 15.4. The average molecular weight is 280 g/mol. The van der Waals surface area contributed by atoms with Gasteiger partial charge in [-0.05, 0) is 32.6 Å². The van der Waals surface area contributed by atoms with Crippen molar-refractivity contribution in [2.45, 2.75) is 45.8 Å². The first-order valence-corrected chi connectivity index (χ1v) is 6.49. The second kappa shape index (κ2) is 6.50. The first-order valence-electron chi connectivity index (χ1n) is 6.49. The Morgan fingerprint density at radius 1 is 1.00 bits per heavy atom. The van der Waals surface area contributed by atoms with Crippen molar-refractivity contribution < 1.29 is 23.9 Å². The second-order valence-electron chi connectivity index (χ2n) is 5.33. The van der Waals surface area contributed by atoms with Crippen LogP contribution in [0.5, 0.6) is 0 Å². The van der Waals surface area contributed by atoms with Crippen molar-refractivity contribution in [3.63, 3.8) is 0 Å². The number of hydrogen-bond donors (Lipinski definition) is 0. The molecule has 0 aromatic rings. The second-order valence-corrected chi connectivity index (χ2v) is 5.33. The van der Waals surface area contributed by atoms with Crippen LogP contribution >= 0.6 is 0 Å². The average Bonchev–Trinajstić information content (AvgIpc) is 2.34. The van der Waals surface area contributed by atoms with E-state index in [1.807, 2.05) is 6.92 Å². The Hall–Kier alpha value is -1.91. The van der Waals surface area contributed by atoms with Gasteiger partial charge < -0.3 is 9.47 Å². The van der Waals surface area contributed by atoms with Crippen molar-refractivity contribution in [1.29, 1.82) is 0 Å². The molecule has 0 amide bonds. The Morgan fingerprint density at radius 2 is 1.35 bits per heavy atom. The summed E-state index contributed by atoms with van der Waals surface area (Å²) in [4.78, 5) is 35.2. The summed E-state index contributed by atoms with van der Waals surface area (Å²) in [5.41, 5.74) is 0.456. The lowest BCUT2D eigenvalue weighted by Crippen LogP contribution is -2.44. The molecule has 0 bridgehead atoms. The SMILES string of the molecule is C=C(C)C(=O)O[C@H]1CC(C)C[C@@H](OC(=O)C(=C)C)C1=O. The van der Waals surface area contributed by atoms with Crippen LogP contribution in [-0.2, 0) is 23.9 Å². The summed E-state index contributed by atoms with van der Waals surface area (Å²) in [5.74, 6) is -1.49. The summed E-state index contributed by atoms with van der Waals surface area (Å²) in [6.07, 6.45) is -0.908. The molecule has 0 spiro atoms. The molecule has 0 N–H and O–H groups in total. The molecule has 5 heteroatoms. The van der Waals surface area contributed by atoms with E-state index in [0.29, 0.717) is 12.8 Å². The zero-order valence-electron chi connectivity index (χ0n) is 12.1. The van der Waals surface area contributed by atoms with Crippen LogP contribution in [0.2, 0.25) is 0 Å². The third kappa shape index (κ3) is 4.05. The minimum absolute atomic E-state index is 0.110. The molecule has 20 heavy (non-hydrogen) atoms. The maximum absolute atomic E-state index is 12.2. The molecule has 0 heterocycles. The van der Waals surface area contributed by atoms with E-state index in [1.165, 1.54) is 13.8 Å². The van der Waals surface area contributed by atoms with Gasteiger partial charge in [0.05, 0.1) is 0 Å². The summed E-state index contributed by atoms with van der Waals surface area (Å²) in [5, 5.41) is 0. The van der Waals surface area contributed by atoms with Gasteiger partial charge in [-0.25, -0.2) is 9.59 Å². The topological polar surface area (TPSA) is 69.7 Å². The maximum atomic E-state index is 12.2. The van der Waals surface area contributed by atoms with E-state index in [-0.39, 0.29) is 22.8 Å². The Labute approximate surface area is 118 Å². The molecule has 1 aliphatic rings. The quantitative estimate of drug-likeness (QED) is 0.581. The van der Waals surface area contributed by atoms with E-state index in [1.54, 1.807) is 0 Å². The van der Waals surface area contributed by atoms with Gasteiger partial charge in [-0.2, -0.15) is 0 Å². The highest BCUT2D eigenvalue weighted by atomic mass is 16.6. The lowest BCUT2D eigenvalue weighted by atomic mass is 9.85. The van der Waals surface area contributed by atoms with E-state index in [2.05, 4.69) is 13.2 Å². The summed E-state index contributed by atoms with van der Waals surface area (Å²) >= 11 is 0. The molecule has 1 rings (SSSR count). The highest BCUT2D eigenvalue weighted by Crippen LogP contribution is 2.26. The van der Waals surface area contributed by atoms with Gasteiger partial charge in [0.2, 0.25) is 5.78 Å². The van der Waals surface area contributed by atoms with Crippen molar-refractivity contribution in [3.8, 4) is 0 Å². The lowest BCUT2D eigenvalue weighted by molar-refractivity contribution is -0.166. The monoisotopic (exact) mass is 280 g/mol. The molecule has 3 atom stereocenters. The van der Waals surface area contributed by atoms with E-state index in [0.717, 1.165) is 0 Å². The van der Waals surface area contributed by atoms with E-state index < -0.39 is 24.1 Å². The fourth-order valence-corrected chi connectivity index (χ4v) is 1.94. The third-order valence-corrected chi connectivity index (χ3v) is 3.06. The van der Waals surface area contributed by atoms with Gasteiger partial charge in [0, 0.05) is 11.1 Å². The Balaban J connectivity index is 2.76. The molecular weight excluding hydrogens is 260 g/mol. The van der Waals surface area contributed by atoms with Crippen LogP contribution in [0, 0.1) is 5.92 Å². The van der Waals surface area contributed by atoms with Crippen molar-refractivity contribution in [3.05, 3.63) is 24.3 Å². The van der Waals surface area contributed by atoms with E-state index in [9.17, 15) is 14.4 Å². The number of carbonyl (C=O) groups excluding carboxylic acids is 3. The maximum Gasteiger partial charge on any atom is 0.333 e. The van der Waals surface area contributed by atoms with Crippen LogP contribution in [-0.4, -0.2) is 29.9 Å². The fourth-order valence-electron chi connectivity index (χ4n) is 1.94. The molecular formula is C15H20O5. The van der Waals surface area contributed by atoms with Crippen LogP contribution < -0.4 is 0 Å². The van der Waals surface area contributed by atoms with Crippen LogP contribution in [0.15, 0.2) is 24.3 Å². The predicted octanol–water partition coefficient (Wildman–Crippen LogP) is 1.96. The standard InChI is InChI=1S/C15H20O5/c1-8(2)14(17)19-11-6-10(5)7-12(13(11)16)20-15(18)9(3)4/h10-12H,1,3,6-7H2,2,4-5H3/t10?,11-,12+. The molecule has 0 saturated heterocycles. The van der Waals surface area contributed by atoms with E-state index in [4.69, 9.17) is 9.47 Å². The van der Waals surface area contributed by atoms with Crippen LogP contribution in [0.25, 0.3) is 0 Å². The highest BCUT2D eigenvalue weighted by Gasteiger charge is 2.39. The smallest absolute Gasteiger partial charge is 0.333 e. The van der Waals surface area contributed by atoms with Crippen molar-refractivity contribution in [2.24, 2.45) is 5.92 Å². The van der Waals surface area contributed by atoms with Gasteiger partial charge in [-0.1, -0.05) is 20.1 Å². The van der Waals surface area contributed by atoms with Crippen molar-refractivity contribution >= 4 is 17.7 Å². The van der Waals surface area contributed by atoms with Crippen LogP contribution in [0.1, 0.15) is 33.6 Å². The van der Waals surface area contributed by atoms with Crippen molar-refractivity contribution in [1.82, 2.24) is 0 Å². The minimum Gasteiger partial charge on any atom is -0.451 e. The number of Topliss-reactive ketones (excluding diaryl/α,β-unsaturated/α-hetero) is 1. The number of ether oxygens (including phenoxy) is 2. The van der Waals surface area contributed by atoms with Crippen LogP contribution in [0.3, 0.4) is 0 Å². The van der Waals surface area contributed by atoms with Gasteiger partial charge in [-0.15, -0.1) is 0 Å². The van der Waals surface area contributed by atoms with Crippen molar-refractivity contribution in [2.75, 3.05) is 0 Å². The third-order valence-electron chi connectivity index (χ3n) is 3.06. The fraction of sp³-hybridized carbons (Fsp3) is 0.533. The minimum atomic E-state index is -0.883. The van der Waals surface area contributed by atoms with Gasteiger partial charge in [0.15, 0.2) is 12.2 Å². The number of esters is 2. The number of rotatable bonds is 4. The normalized spacial score (nSPS) is 25.8. The molecule has 5 nitrogen and oxygen atoms in total. The number of carbonyl (C=O) groups is 3. The molecule has 0 aromatic heterocycles. The highest BCUT2D eigenvalue weighted by molar-refractivity contribution is 5.95. The largest absolute Gasteiger partial charge is 0.451 e. The molecule has 0 aromatic carbocycles.